The van der Waals surface area contributed by atoms with Crippen molar-refractivity contribution in [2.75, 3.05) is 26.4 Å². The molecule has 0 aromatic heterocycles. The molecule has 0 spiro atoms. The highest BCUT2D eigenvalue weighted by Crippen LogP contribution is 2.25. The molecule has 138 valence electrons. The monoisotopic (exact) mass is 367 g/mol. The Labute approximate surface area is 148 Å². The average molecular weight is 367 g/mol. The number of nitrogens with one attached hydrogen (secondary N) is 1. The van der Waals surface area contributed by atoms with Gasteiger partial charge in [0.05, 0.1) is 4.90 Å². The number of amides is 2. The molecule has 2 atom stereocenters. The third-order valence-electron chi connectivity index (χ3n) is 4.57. The van der Waals surface area contributed by atoms with Crippen molar-refractivity contribution in [2.24, 2.45) is 11.7 Å². The van der Waals surface area contributed by atoms with Gasteiger partial charge in [-0.1, -0.05) is 6.42 Å². The molecule has 1 fully saturated rings. The molecule has 0 heterocycles. The topological polar surface area (TPSA) is 110 Å². The number of hydrogen-bond donors (Lipinski definition) is 2. The molecule has 25 heavy (non-hydrogen) atoms. The van der Waals surface area contributed by atoms with Crippen molar-refractivity contribution >= 4 is 21.7 Å². The van der Waals surface area contributed by atoms with Gasteiger partial charge in [0.25, 0.3) is 5.91 Å². The number of sulfone groups is 1. The highest BCUT2D eigenvalue weighted by atomic mass is 32.2. The van der Waals surface area contributed by atoms with Crippen LogP contribution in [0.1, 0.15) is 29.6 Å². The fourth-order valence-electron chi connectivity index (χ4n) is 2.95. The van der Waals surface area contributed by atoms with Crippen molar-refractivity contribution in [3.63, 3.8) is 0 Å². The van der Waals surface area contributed by atoms with Gasteiger partial charge in [-0.3, -0.25) is 9.59 Å². The summed E-state index contributed by atoms with van der Waals surface area (Å²) < 4.78 is 24.5. The lowest BCUT2D eigenvalue weighted by Crippen LogP contribution is -2.39. The summed E-state index contributed by atoms with van der Waals surface area (Å²) in [5.41, 5.74) is 6.11. The van der Waals surface area contributed by atoms with Gasteiger partial charge >= 0.3 is 0 Å². The van der Waals surface area contributed by atoms with E-state index in [-0.39, 0.29) is 16.8 Å². The van der Waals surface area contributed by atoms with Crippen molar-refractivity contribution in [1.29, 1.82) is 0 Å². The van der Waals surface area contributed by atoms with Gasteiger partial charge in [0.2, 0.25) is 5.91 Å². The van der Waals surface area contributed by atoms with E-state index in [1.165, 1.54) is 43.3 Å². The Bertz CT molecular complexity index is 729. The number of carbonyl (C=O) groups is 2. The summed E-state index contributed by atoms with van der Waals surface area (Å²) in [6.07, 6.45) is 2.97. The van der Waals surface area contributed by atoms with Gasteiger partial charge < -0.3 is 16.0 Å². The smallest absolute Gasteiger partial charge is 0.251 e. The molecular formula is C17H25N3O4S. The maximum absolute atomic E-state index is 12.3. The van der Waals surface area contributed by atoms with Crippen molar-refractivity contribution in [3.05, 3.63) is 29.8 Å². The molecule has 1 aliphatic carbocycles. The van der Waals surface area contributed by atoms with E-state index < -0.39 is 21.5 Å². The minimum absolute atomic E-state index is 0.0277. The molecule has 0 aliphatic heterocycles. The van der Waals surface area contributed by atoms with Crippen LogP contribution in [0.3, 0.4) is 0 Å². The van der Waals surface area contributed by atoms with Crippen LogP contribution < -0.4 is 11.1 Å². The second kappa shape index (κ2) is 7.97. The first-order valence-electron chi connectivity index (χ1n) is 8.28. The van der Waals surface area contributed by atoms with E-state index in [4.69, 9.17) is 5.73 Å². The summed E-state index contributed by atoms with van der Waals surface area (Å²) >= 11 is 0. The highest BCUT2D eigenvalue weighted by Gasteiger charge is 2.28. The van der Waals surface area contributed by atoms with Gasteiger partial charge in [-0.25, -0.2) is 8.42 Å². The molecule has 8 heteroatoms. The van der Waals surface area contributed by atoms with Gasteiger partial charge in [-0.2, -0.15) is 0 Å². The molecule has 0 saturated heterocycles. The number of benzene rings is 1. The van der Waals surface area contributed by atoms with Crippen molar-refractivity contribution in [1.82, 2.24) is 10.2 Å². The zero-order valence-corrected chi connectivity index (χ0v) is 15.4. The lowest BCUT2D eigenvalue weighted by atomic mass is 10.0. The molecule has 2 rings (SSSR count). The van der Waals surface area contributed by atoms with Crippen LogP contribution in [0.25, 0.3) is 0 Å². The van der Waals surface area contributed by atoms with Crippen molar-refractivity contribution in [2.45, 2.75) is 30.2 Å². The number of hydrogen-bond acceptors (Lipinski definition) is 5. The summed E-state index contributed by atoms with van der Waals surface area (Å²) in [5, 5.41) is 2.97. The van der Waals surface area contributed by atoms with E-state index >= 15 is 0 Å². The van der Waals surface area contributed by atoms with Crippen LogP contribution in [0.15, 0.2) is 29.2 Å². The standard InChI is InChI=1S/C17H25N3O4S/c1-20(2)16(21)11-25(23,24)14-8-6-12(7-9-14)17(22)19-15-5-3-4-13(15)10-18/h6-9,13,15H,3-5,10-11,18H2,1-2H3,(H,19,22). The van der Waals surface area contributed by atoms with Crippen molar-refractivity contribution < 1.29 is 18.0 Å². The van der Waals surface area contributed by atoms with Crippen molar-refractivity contribution in [3.8, 4) is 0 Å². The molecule has 2 unspecified atom stereocenters. The summed E-state index contributed by atoms with van der Waals surface area (Å²) in [4.78, 5) is 25.2. The minimum atomic E-state index is -3.72. The Hall–Kier alpha value is -1.93. The summed E-state index contributed by atoms with van der Waals surface area (Å²) in [5.74, 6) is -1.03. The molecule has 1 aliphatic rings. The van der Waals surface area contributed by atoms with Crippen LogP contribution in [0.2, 0.25) is 0 Å². The Morgan fingerprint density at radius 3 is 2.40 bits per heavy atom. The first-order chi connectivity index (χ1) is 11.7. The van der Waals surface area contributed by atoms with Crippen LogP contribution in [0.4, 0.5) is 0 Å². The zero-order valence-electron chi connectivity index (χ0n) is 14.6. The molecule has 2 amide bonds. The Morgan fingerprint density at radius 2 is 1.84 bits per heavy atom. The van der Waals surface area contributed by atoms with E-state index in [1.54, 1.807) is 0 Å². The number of nitrogens with zero attached hydrogens (tertiary/aromatic N) is 1. The number of rotatable bonds is 6. The fraction of sp³-hybridized carbons (Fsp3) is 0.529. The van der Waals surface area contributed by atoms with Crippen LogP contribution >= 0.6 is 0 Å². The Kier molecular flexibility index (Phi) is 6.18. The molecular weight excluding hydrogens is 342 g/mol. The van der Waals surface area contributed by atoms with E-state index in [2.05, 4.69) is 5.32 Å². The van der Waals surface area contributed by atoms with Gasteiger partial charge in [0.15, 0.2) is 9.84 Å². The Morgan fingerprint density at radius 1 is 1.20 bits per heavy atom. The summed E-state index contributed by atoms with van der Waals surface area (Å²) in [7, 11) is -0.716. The van der Waals surface area contributed by atoms with Crippen LogP contribution in [-0.4, -0.2) is 57.6 Å². The predicted molar refractivity (Wildman–Crippen MR) is 94.8 cm³/mol. The van der Waals surface area contributed by atoms with Gasteiger partial charge in [-0.05, 0) is 49.6 Å². The van der Waals surface area contributed by atoms with E-state index in [1.807, 2.05) is 0 Å². The molecule has 7 nitrogen and oxygen atoms in total. The molecule has 3 N–H and O–H groups in total. The van der Waals surface area contributed by atoms with E-state index in [0.29, 0.717) is 18.0 Å². The van der Waals surface area contributed by atoms with Crippen LogP contribution in [-0.2, 0) is 14.6 Å². The van der Waals surface area contributed by atoms with Crippen LogP contribution in [0, 0.1) is 5.92 Å². The molecule has 1 aromatic rings. The first-order valence-corrected chi connectivity index (χ1v) is 9.93. The van der Waals surface area contributed by atoms with E-state index in [9.17, 15) is 18.0 Å². The predicted octanol–water partition coefficient (Wildman–Crippen LogP) is 0.406. The fourth-order valence-corrected chi connectivity index (χ4v) is 4.25. The second-order valence-electron chi connectivity index (χ2n) is 6.58. The largest absolute Gasteiger partial charge is 0.349 e. The molecule has 1 aromatic carbocycles. The third-order valence-corrected chi connectivity index (χ3v) is 6.18. The van der Waals surface area contributed by atoms with Crippen LogP contribution in [0.5, 0.6) is 0 Å². The maximum Gasteiger partial charge on any atom is 0.251 e. The van der Waals surface area contributed by atoms with E-state index in [0.717, 1.165) is 19.3 Å². The summed E-state index contributed by atoms with van der Waals surface area (Å²) in [6.45, 7) is 0.544. The molecule has 1 saturated carbocycles. The number of carbonyl (C=O) groups excluding carboxylic acids is 2. The molecule has 0 bridgehead atoms. The van der Waals surface area contributed by atoms with Gasteiger partial charge in [0, 0.05) is 25.7 Å². The zero-order chi connectivity index (χ0) is 18.6. The first kappa shape index (κ1) is 19.4. The Balaban J connectivity index is 2.06. The van der Waals surface area contributed by atoms with Gasteiger partial charge in [0.1, 0.15) is 5.75 Å². The van der Waals surface area contributed by atoms with Gasteiger partial charge in [-0.15, -0.1) is 0 Å². The molecule has 0 radical (unpaired) electrons. The quantitative estimate of drug-likeness (QED) is 0.757. The summed E-state index contributed by atoms with van der Waals surface area (Å²) in [6, 6.07) is 5.73. The highest BCUT2D eigenvalue weighted by molar-refractivity contribution is 7.92. The number of nitrogens with two attached hydrogens (primary N) is 1. The lowest BCUT2D eigenvalue weighted by molar-refractivity contribution is -0.125. The SMILES string of the molecule is CN(C)C(=O)CS(=O)(=O)c1ccc(C(=O)NC2CCCC2CN)cc1. The maximum atomic E-state index is 12.3. The second-order valence-corrected chi connectivity index (χ2v) is 8.57. The third kappa shape index (κ3) is 4.79. The normalized spacial score (nSPS) is 20.3. The average Bonchev–Trinajstić information content (AvgIpc) is 3.01. The minimum Gasteiger partial charge on any atom is -0.349 e. The lowest BCUT2D eigenvalue weighted by Gasteiger charge is -2.19.